The Morgan fingerprint density at radius 1 is 0.867 bits per heavy atom. The Bertz CT molecular complexity index is 1610. The van der Waals surface area contributed by atoms with Crippen LogP contribution in [0.3, 0.4) is 0 Å². The van der Waals surface area contributed by atoms with Gasteiger partial charge in [0, 0.05) is 18.7 Å². The Labute approximate surface area is 272 Å². The van der Waals surface area contributed by atoms with Crippen LogP contribution < -0.4 is 5.32 Å². The van der Waals surface area contributed by atoms with Gasteiger partial charge in [0.15, 0.2) is 0 Å². The lowest BCUT2D eigenvalue weighted by molar-refractivity contribution is 0.182. The predicted molar refractivity (Wildman–Crippen MR) is 194 cm³/mol. The molecule has 1 aliphatic heterocycles. The molecule has 0 saturated heterocycles. The molecule has 0 aromatic heterocycles. The number of unbranched alkanes of at least 4 members (excludes halogenated alkanes) is 1. The summed E-state index contributed by atoms with van der Waals surface area (Å²) in [4.78, 5) is 0. The van der Waals surface area contributed by atoms with Crippen LogP contribution >= 0.6 is 0 Å². The molecular formula is C44H51N. The van der Waals surface area contributed by atoms with Gasteiger partial charge in [-0.3, -0.25) is 0 Å². The Balaban J connectivity index is 1.40. The quantitative estimate of drug-likeness (QED) is 0.243. The fourth-order valence-corrected chi connectivity index (χ4v) is 8.35. The van der Waals surface area contributed by atoms with E-state index in [1.807, 2.05) is 0 Å². The van der Waals surface area contributed by atoms with Gasteiger partial charge in [-0.2, -0.15) is 0 Å². The molecule has 2 aliphatic carbocycles. The van der Waals surface area contributed by atoms with Gasteiger partial charge in [0.1, 0.15) is 0 Å². The zero-order valence-electron chi connectivity index (χ0n) is 28.0. The maximum Gasteiger partial charge on any atom is 0.0328 e. The van der Waals surface area contributed by atoms with E-state index in [1.54, 1.807) is 0 Å². The summed E-state index contributed by atoms with van der Waals surface area (Å²) in [6, 6.07) is 27.9. The third-order valence-corrected chi connectivity index (χ3v) is 10.8. The first-order chi connectivity index (χ1) is 22.0. The molecule has 0 saturated carbocycles. The molecule has 6 atom stereocenters. The summed E-state index contributed by atoms with van der Waals surface area (Å²) in [5.41, 5.74) is 12.5. The van der Waals surface area contributed by atoms with Crippen molar-refractivity contribution in [2.45, 2.75) is 72.1 Å². The minimum atomic E-state index is 0.422. The molecule has 1 N–H and O–H groups in total. The highest BCUT2D eigenvalue weighted by Gasteiger charge is 2.43. The molecule has 3 aromatic rings. The third kappa shape index (κ3) is 6.32. The van der Waals surface area contributed by atoms with Crippen LogP contribution in [0.2, 0.25) is 0 Å². The van der Waals surface area contributed by atoms with Crippen LogP contribution in [0.15, 0.2) is 121 Å². The molecule has 3 aliphatic rings. The van der Waals surface area contributed by atoms with Gasteiger partial charge in [-0.25, -0.2) is 0 Å². The number of aryl methyl sites for hydroxylation is 1. The maximum atomic E-state index is 3.35. The summed E-state index contributed by atoms with van der Waals surface area (Å²) in [5.74, 6) is 3.03. The van der Waals surface area contributed by atoms with Gasteiger partial charge < -0.3 is 5.32 Å². The van der Waals surface area contributed by atoms with Crippen LogP contribution in [0.5, 0.6) is 0 Å². The van der Waals surface area contributed by atoms with Crippen molar-refractivity contribution in [2.24, 2.45) is 23.7 Å². The Morgan fingerprint density at radius 3 is 2.33 bits per heavy atom. The lowest BCUT2D eigenvalue weighted by Gasteiger charge is -2.46. The number of rotatable bonds is 9. The van der Waals surface area contributed by atoms with E-state index in [2.05, 4.69) is 155 Å². The topological polar surface area (TPSA) is 12.0 Å². The molecule has 0 bridgehead atoms. The molecule has 1 heterocycles. The van der Waals surface area contributed by atoms with Crippen LogP contribution in [0, 0.1) is 30.6 Å². The van der Waals surface area contributed by atoms with Crippen molar-refractivity contribution in [3.8, 4) is 0 Å². The molecule has 1 nitrogen and oxygen atoms in total. The summed E-state index contributed by atoms with van der Waals surface area (Å²) in [5, 5.41) is 3.35. The summed E-state index contributed by atoms with van der Waals surface area (Å²) >= 11 is 0. The smallest absolute Gasteiger partial charge is 0.0328 e. The highest BCUT2D eigenvalue weighted by molar-refractivity contribution is 5.87. The minimum absolute atomic E-state index is 0.422. The summed E-state index contributed by atoms with van der Waals surface area (Å²) < 4.78 is 0. The SMILES string of the molecule is CC/C=C\C1=C(c2ccc(C)cc2)c2ccccc2C(C2C=CC(c3ccc(C4=CNCC=C4)cc3)C(C)C2CCCC)C1C. The summed E-state index contributed by atoms with van der Waals surface area (Å²) in [7, 11) is 0. The number of benzene rings is 3. The fraction of sp³-hybridized carbons (Fsp3) is 0.364. The number of hydrogen-bond acceptors (Lipinski definition) is 1. The van der Waals surface area contributed by atoms with Crippen molar-refractivity contribution in [1.29, 1.82) is 0 Å². The monoisotopic (exact) mass is 593 g/mol. The van der Waals surface area contributed by atoms with Crippen molar-refractivity contribution in [1.82, 2.24) is 5.32 Å². The molecule has 6 unspecified atom stereocenters. The molecule has 232 valence electrons. The van der Waals surface area contributed by atoms with E-state index in [4.69, 9.17) is 0 Å². The van der Waals surface area contributed by atoms with E-state index in [9.17, 15) is 0 Å². The van der Waals surface area contributed by atoms with E-state index < -0.39 is 0 Å². The van der Waals surface area contributed by atoms with Crippen molar-refractivity contribution < 1.29 is 0 Å². The molecular weight excluding hydrogens is 542 g/mol. The number of allylic oxidation sites excluding steroid dienone is 7. The Hall–Kier alpha value is -3.84. The van der Waals surface area contributed by atoms with Crippen LogP contribution in [0.25, 0.3) is 11.1 Å². The van der Waals surface area contributed by atoms with Crippen LogP contribution in [-0.2, 0) is 0 Å². The first kappa shape index (κ1) is 31.2. The predicted octanol–water partition coefficient (Wildman–Crippen LogP) is 11.4. The van der Waals surface area contributed by atoms with Crippen molar-refractivity contribution in [2.75, 3.05) is 6.54 Å². The van der Waals surface area contributed by atoms with E-state index in [0.29, 0.717) is 35.5 Å². The van der Waals surface area contributed by atoms with Crippen LogP contribution in [-0.4, -0.2) is 6.54 Å². The Morgan fingerprint density at radius 2 is 1.62 bits per heavy atom. The number of dihydropyridines is 1. The van der Waals surface area contributed by atoms with E-state index in [-0.39, 0.29) is 0 Å². The lowest BCUT2D eigenvalue weighted by atomic mass is 9.58. The molecule has 6 rings (SSSR count). The van der Waals surface area contributed by atoms with E-state index in [1.165, 1.54) is 69.4 Å². The van der Waals surface area contributed by atoms with Crippen LogP contribution in [0.1, 0.15) is 98.6 Å². The van der Waals surface area contributed by atoms with Gasteiger partial charge in [0.25, 0.3) is 0 Å². The zero-order valence-corrected chi connectivity index (χ0v) is 28.0. The number of fused-ring (bicyclic) bond motifs is 1. The summed E-state index contributed by atoms with van der Waals surface area (Å²) in [6.07, 6.45) is 21.5. The highest BCUT2D eigenvalue weighted by atomic mass is 14.8. The minimum Gasteiger partial charge on any atom is -0.387 e. The van der Waals surface area contributed by atoms with Crippen LogP contribution in [0.4, 0.5) is 0 Å². The number of nitrogens with one attached hydrogen (secondary N) is 1. The lowest BCUT2D eigenvalue weighted by Crippen LogP contribution is -2.36. The van der Waals surface area contributed by atoms with Crippen molar-refractivity contribution >= 4 is 11.1 Å². The van der Waals surface area contributed by atoms with Gasteiger partial charge in [-0.05, 0) is 93.9 Å². The molecule has 3 aromatic carbocycles. The van der Waals surface area contributed by atoms with Gasteiger partial charge in [0.05, 0.1) is 0 Å². The largest absolute Gasteiger partial charge is 0.387 e. The fourth-order valence-electron chi connectivity index (χ4n) is 8.35. The second-order valence-corrected chi connectivity index (χ2v) is 13.6. The molecule has 0 spiro atoms. The molecule has 45 heavy (non-hydrogen) atoms. The maximum absolute atomic E-state index is 3.35. The first-order valence-electron chi connectivity index (χ1n) is 17.5. The average molecular weight is 594 g/mol. The van der Waals surface area contributed by atoms with Gasteiger partial charge in [-0.15, -0.1) is 0 Å². The standard InChI is InChI=1S/C44H51N/c1-6-8-14-38-31(4)37(34-24-22-33(23-25-34)36-13-12-28-45-29-36)26-27-42(38)43-32(5)39(15-9-7-2)44(35-20-18-30(3)19-21-35)41-17-11-10-16-40(41)43/h9-13,15-27,29,31-32,37-38,42-43,45H,6-8,14,28H2,1-5H3/b15-9-. The van der Waals surface area contributed by atoms with Crippen molar-refractivity contribution in [3.63, 3.8) is 0 Å². The van der Waals surface area contributed by atoms with Crippen molar-refractivity contribution in [3.05, 3.63) is 154 Å². The molecule has 0 radical (unpaired) electrons. The zero-order chi connectivity index (χ0) is 31.3. The molecule has 0 fully saturated rings. The second-order valence-electron chi connectivity index (χ2n) is 13.6. The highest BCUT2D eigenvalue weighted by Crippen LogP contribution is 2.55. The summed E-state index contributed by atoms with van der Waals surface area (Å²) in [6.45, 7) is 12.7. The van der Waals surface area contributed by atoms with E-state index >= 15 is 0 Å². The third-order valence-electron chi connectivity index (χ3n) is 10.8. The molecule has 0 amide bonds. The van der Waals surface area contributed by atoms with Gasteiger partial charge in [0.2, 0.25) is 0 Å². The number of hydrogen-bond donors (Lipinski definition) is 1. The first-order valence-corrected chi connectivity index (χ1v) is 17.5. The van der Waals surface area contributed by atoms with Gasteiger partial charge in [-0.1, -0.05) is 155 Å². The Kier molecular flexibility index (Phi) is 9.74. The van der Waals surface area contributed by atoms with Gasteiger partial charge >= 0.3 is 0 Å². The molecule has 1 heteroatoms. The average Bonchev–Trinajstić information content (AvgIpc) is 3.08. The normalized spacial score (nSPS) is 26.1. The second kappa shape index (κ2) is 14.1. The van der Waals surface area contributed by atoms with E-state index in [0.717, 1.165) is 13.0 Å².